The van der Waals surface area contributed by atoms with Crippen LogP contribution in [0.3, 0.4) is 0 Å². The van der Waals surface area contributed by atoms with Crippen LogP contribution >= 0.6 is 0 Å². The van der Waals surface area contributed by atoms with Gasteiger partial charge in [0.05, 0.1) is 11.0 Å². The number of para-hydroxylation sites is 2. The molecule has 4 nitrogen and oxygen atoms in total. The van der Waals surface area contributed by atoms with E-state index < -0.39 is 0 Å². The first-order chi connectivity index (χ1) is 13.2. The van der Waals surface area contributed by atoms with E-state index in [1.54, 1.807) is 6.07 Å². The van der Waals surface area contributed by atoms with Crippen LogP contribution in [-0.2, 0) is 6.42 Å². The molecule has 1 unspecified atom stereocenters. The molecule has 27 heavy (non-hydrogen) atoms. The predicted octanol–water partition coefficient (Wildman–Crippen LogP) is 4.18. The number of aromatic nitrogens is 2. The number of benzene rings is 2. The zero-order valence-electron chi connectivity index (χ0n) is 15.3. The van der Waals surface area contributed by atoms with E-state index in [1.807, 2.05) is 34.9 Å². The molecular weight excluding hydrogens is 341 g/mol. The SMILES string of the molecule is O=c1[nH]c2ccccc2n1C1CCN(C2CCCc3cccc(F)c32)CC1. The molecule has 2 heterocycles. The lowest BCUT2D eigenvalue weighted by Crippen LogP contribution is -2.40. The summed E-state index contributed by atoms with van der Waals surface area (Å²) in [5.74, 6) is -0.0628. The number of likely N-dealkylation sites (tertiary alicyclic amines) is 1. The molecule has 0 radical (unpaired) electrons. The van der Waals surface area contributed by atoms with E-state index in [0.717, 1.165) is 61.8 Å². The van der Waals surface area contributed by atoms with E-state index in [-0.39, 0.29) is 23.6 Å². The van der Waals surface area contributed by atoms with E-state index in [9.17, 15) is 9.18 Å². The summed E-state index contributed by atoms with van der Waals surface area (Å²) in [7, 11) is 0. The van der Waals surface area contributed by atoms with E-state index in [2.05, 4.69) is 16.0 Å². The van der Waals surface area contributed by atoms with Crippen LogP contribution in [0.4, 0.5) is 4.39 Å². The fourth-order valence-corrected chi connectivity index (χ4v) is 5.06. The van der Waals surface area contributed by atoms with Gasteiger partial charge < -0.3 is 4.98 Å². The highest BCUT2D eigenvalue weighted by atomic mass is 19.1. The Balaban J connectivity index is 1.39. The summed E-state index contributed by atoms with van der Waals surface area (Å²) in [5.41, 5.74) is 3.93. The number of piperidine rings is 1. The smallest absolute Gasteiger partial charge is 0.306 e. The number of rotatable bonds is 2. The molecular formula is C22H24FN3O. The van der Waals surface area contributed by atoms with Gasteiger partial charge in [0.2, 0.25) is 0 Å². The largest absolute Gasteiger partial charge is 0.326 e. The lowest BCUT2D eigenvalue weighted by Gasteiger charge is -2.40. The molecule has 0 saturated carbocycles. The minimum atomic E-state index is -0.0628. The van der Waals surface area contributed by atoms with Crippen molar-refractivity contribution in [1.82, 2.24) is 14.5 Å². The number of hydrogen-bond acceptors (Lipinski definition) is 2. The highest BCUT2D eigenvalue weighted by molar-refractivity contribution is 5.75. The van der Waals surface area contributed by atoms with Crippen LogP contribution in [0, 0.1) is 5.82 Å². The minimum Gasteiger partial charge on any atom is -0.306 e. The van der Waals surface area contributed by atoms with Gasteiger partial charge in [-0.3, -0.25) is 9.47 Å². The van der Waals surface area contributed by atoms with Gasteiger partial charge in [0.25, 0.3) is 0 Å². The Morgan fingerprint density at radius 2 is 1.81 bits per heavy atom. The maximum atomic E-state index is 14.5. The average molecular weight is 365 g/mol. The topological polar surface area (TPSA) is 41.0 Å². The third kappa shape index (κ3) is 2.81. The van der Waals surface area contributed by atoms with Gasteiger partial charge in [-0.15, -0.1) is 0 Å². The third-order valence-electron chi connectivity index (χ3n) is 6.33. The lowest BCUT2D eigenvalue weighted by molar-refractivity contribution is 0.120. The van der Waals surface area contributed by atoms with Crippen LogP contribution in [0.5, 0.6) is 0 Å². The molecule has 1 aromatic heterocycles. The highest BCUT2D eigenvalue weighted by Gasteiger charge is 2.32. The Morgan fingerprint density at radius 3 is 2.67 bits per heavy atom. The van der Waals surface area contributed by atoms with Gasteiger partial charge in [-0.1, -0.05) is 24.3 Å². The molecule has 1 aliphatic carbocycles. The molecule has 3 aromatic rings. The van der Waals surface area contributed by atoms with Gasteiger partial charge in [-0.25, -0.2) is 9.18 Å². The average Bonchev–Trinajstić information content (AvgIpc) is 3.04. The van der Waals surface area contributed by atoms with Crippen LogP contribution in [-0.4, -0.2) is 27.5 Å². The monoisotopic (exact) mass is 365 g/mol. The fourth-order valence-electron chi connectivity index (χ4n) is 5.06. The van der Waals surface area contributed by atoms with Crippen molar-refractivity contribution in [3.8, 4) is 0 Å². The van der Waals surface area contributed by atoms with Crippen molar-refractivity contribution >= 4 is 11.0 Å². The number of nitrogens with one attached hydrogen (secondary N) is 1. The number of nitrogens with zero attached hydrogens (tertiary/aromatic N) is 2. The van der Waals surface area contributed by atoms with Crippen LogP contribution in [0.2, 0.25) is 0 Å². The maximum absolute atomic E-state index is 14.5. The van der Waals surface area contributed by atoms with Crippen LogP contribution in [0.1, 0.15) is 48.9 Å². The molecule has 1 fully saturated rings. The number of aryl methyl sites for hydroxylation is 1. The van der Waals surface area contributed by atoms with Crippen LogP contribution in [0.25, 0.3) is 11.0 Å². The van der Waals surface area contributed by atoms with E-state index in [4.69, 9.17) is 0 Å². The van der Waals surface area contributed by atoms with Crippen molar-refractivity contribution in [3.63, 3.8) is 0 Å². The molecule has 0 bridgehead atoms. The molecule has 0 spiro atoms. The Kier molecular flexibility index (Phi) is 4.12. The first-order valence-electron chi connectivity index (χ1n) is 9.93. The maximum Gasteiger partial charge on any atom is 0.326 e. The Hall–Kier alpha value is -2.40. The molecule has 140 valence electrons. The van der Waals surface area contributed by atoms with Crippen molar-refractivity contribution in [1.29, 1.82) is 0 Å². The normalized spacial score (nSPS) is 21.4. The first-order valence-corrected chi connectivity index (χ1v) is 9.93. The van der Waals surface area contributed by atoms with Gasteiger partial charge >= 0.3 is 5.69 Å². The van der Waals surface area contributed by atoms with E-state index in [1.165, 1.54) is 5.56 Å². The summed E-state index contributed by atoms with van der Waals surface area (Å²) < 4.78 is 16.4. The fraction of sp³-hybridized carbons (Fsp3) is 0.409. The quantitative estimate of drug-likeness (QED) is 0.740. The molecule has 0 amide bonds. The first kappa shape index (κ1) is 16.8. The standard InChI is InChI=1S/C22H24FN3O/c23-17-7-3-5-15-6-4-10-20(21(15)17)25-13-11-16(12-14-25)26-19-9-2-1-8-18(19)24-22(26)27/h1-3,5,7-9,16,20H,4,6,10-14H2,(H,24,27). The summed E-state index contributed by atoms with van der Waals surface area (Å²) in [6.07, 6.45) is 4.95. The molecule has 1 atom stereocenters. The lowest BCUT2D eigenvalue weighted by atomic mass is 9.85. The second-order valence-electron chi connectivity index (χ2n) is 7.81. The van der Waals surface area contributed by atoms with Crippen LogP contribution < -0.4 is 5.69 Å². The summed E-state index contributed by atoms with van der Waals surface area (Å²) in [6, 6.07) is 13.7. The van der Waals surface area contributed by atoms with Gasteiger partial charge in [0.1, 0.15) is 5.82 Å². The van der Waals surface area contributed by atoms with Gasteiger partial charge in [-0.05, 0) is 55.9 Å². The molecule has 2 aromatic carbocycles. The summed E-state index contributed by atoms with van der Waals surface area (Å²) in [6.45, 7) is 1.80. The van der Waals surface area contributed by atoms with Gasteiger partial charge in [-0.2, -0.15) is 0 Å². The minimum absolute atomic E-state index is 0.0243. The van der Waals surface area contributed by atoms with Crippen molar-refractivity contribution in [2.75, 3.05) is 13.1 Å². The second kappa shape index (κ2) is 6.64. The van der Waals surface area contributed by atoms with Gasteiger partial charge in [0, 0.05) is 30.7 Å². The summed E-state index contributed by atoms with van der Waals surface area (Å²) in [4.78, 5) is 17.9. The Bertz CT molecular complexity index is 1030. The predicted molar refractivity (Wildman–Crippen MR) is 104 cm³/mol. The van der Waals surface area contributed by atoms with E-state index in [0.29, 0.717) is 0 Å². The zero-order valence-corrected chi connectivity index (χ0v) is 15.3. The molecule has 5 heteroatoms. The second-order valence-corrected chi connectivity index (χ2v) is 7.81. The van der Waals surface area contributed by atoms with Gasteiger partial charge in [0.15, 0.2) is 0 Å². The molecule has 1 saturated heterocycles. The summed E-state index contributed by atoms with van der Waals surface area (Å²) in [5, 5.41) is 0. The number of aromatic amines is 1. The third-order valence-corrected chi connectivity index (χ3v) is 6.33. The molecule has 1 N–H and O–H groups in total. The number of halogens is 1. The highest BCUT2D eigenvalue weighted by Crippen LogP contribution is 2.38. The molecule has 5 rings (SSSR count). The Labute approximate surface area is 157 Å². The van der Waals surface area contributed by atoms with Crippen molar-refractivity contribution < 1.29 is 4.39 Å². The molecule has 2 aliphatic rings. The van der Waals surface area contributed by atoms with Crippen LogP contribution in [0.15, 0.2) is 47.3 Å². The summed E-state index contributed by atoms with van der Waals surface area (Å²) >= 11 is 0. The zero-order chi connectivity index (χ0) is 18.4. The van der Waals surface area contributed by atoms with E-state index >= 15 is 0 Å². The Morgan fingerprint density at radius 1 is 1.00 bits per heavy atom. The number of fused-ring (bicyclic) bond motifs is 2. The van der Waals surface area contributed by atoms with Crippen molar-refractivity contribution in [3.05, 3.63) is 69.9 Å². The van der Waals surface area contributed by atoms with Crippen molar-refractivity contribution in [2.45, 2.75) is 44.2 Å². The number of H-pyrrole nitrogens is 1. The number of hydrogen-bond donors (Lipinski definition) is 1. The van der Waals surface area contributed by atoms with Crippen molar-refractivity contribution in [2.24, 2.45) is 0 Å². The molecule has 1 aliphatic heterocycles. The number of imidazole rings is 1.